The molecule has 0 aliphatic rings. The average Bonchev–Trinajstić information content (AvgIpc) is 3.08. The van der Waals surface area contributed by atoms with Gasteiger partial charge in [-0.25, -0.2) is 17.4 Å². The van der Waals surface area contributed by atoms with E-state index in [4.69, 9.17) is 5.14 Å². The van der Waals surface area contributed by atoms with Crippen molar-refractivity contribution in [1.29, 1.82) is 0 Å². The zero-order valence-electron chi connectivity index (χ0n) is 20.7. The van der Waals surface area contributed by atoms with Gasteiger partial charge in [0, 0.05) is 29.6 Å². The second kappa shape index (κ2) is 9.85. The Kier molecular flexibility index (Phi) is 7.73. The van der Waals surface area contributed by atoms with Gasteiger partial charge >= 0.3 is 6.18 Å². The molecule has 0 saturated carbocycles. The zero-order valence-corrected chi connectivity index (χ0v) is 21.5. The Balaban J connectivity index is 2.32. The van der Waals surface area contributed by atoms with Gasteiger partial charge in [0.15, 0.2) is 5.82 Å². The third-order valence-electron chi connectivity index (χ3n) is 6.14. The molecule has 0 fully saturated rings. The van der Waals surface area contributed by atoms with Crippen LogP contribution in [0.2, 0.25) is 0 Å². The largest absolute Gasteiger partial charge is 0.417 e. The lowest BCUT2D eigenvalue weighted by molar-refractivity contribution is -0.137. The molecule has 0 aliphatic carbocycles. The predicted octanol–water partition coefficient (Wildman–Crippen LogP) is 7.65. The van der Waals surface area contributed by atoms with Crippen LogP contribution in [-0.4, -0.2) is 19.9 Å². The van der Waals surface area contributed by atoms with E-state index in [0.29, 0.717) is 0 Å². The molecule has 10 heteroatoms. The van der Waals surface area contributed by atoms with Crippen LogP contribution in [0.1, 0.15) is 58.1 Å². The maximum atomic E-state index is 16.1. The highest BCUT2D eigenvalue weighted by Gasteiger charge is 2.37. The van der Waals surface area contributed by atoms with E-state index in [2.05, 4.69) is 0 Å². The molecular weight excluding hydrogens is 502 g/mol. The fourth-order valence-corrected chi connectivity index (χ4v) is 4.78. The van der Waals surface area contributed by atoms with E-state index < -0.39 is 51.0 Å². The van der Waals surface area contributed by atoms with Crippen LogP contribution >= 0.6 is 0 Å². The van der Waals surface area contributed by atoms with Crippen molar-refractivity contribution in [3.05, 3.63) is 59.5 Å². The van der Waals surface area contributed by atoms with Crippen LogP contribution in [0, 0.1) is 11.2 Å². The summed E-state index contributed by atoms with van der Waals surface area (Å²) >= 11 is 0. The maximum absolute atomic E-state index is 16.1. The second-order valence-corrected chi connectivity index (χ2v) is 12.5. The first-order valence-electron chi connectivity index (χ1n) is 11.4. The Morgan fingerprint density at radius 2 is 1.58 bits per heavy atom. The number of hydrogen-bond acceptors (Lipinski definition) is 1. The fourth-order valence-electron chi connectivity index (χ4n) is 4.43. The van der Waals surface area contributed by atoms with E-state index in [1.54, 1.807) is 0 Å². The lowest BCUT2D eigenvalue weighted by atomic mass is 9.89. The molecule has 0 amide bonds. The molecule has 36 heavy (non-hydrogen) atoms. The smallest absolute Gasteiger partial charge is 0.344 e. The minimum absolute atomic E-state index is 0.0493. The first kappa shape index (κ1) is 28.2. The summed E-state index contributed by atoms with van der Waals surface area (Å²) in [6.07, 6.45) is -6.37. The van der Waals surface area contributed by atoms with Gasteiger partial charge in [-0.3, -0.25) is 5.14 Å². The summed E-state index contributed by atoms with van der Waals surface area (Å²) in [5.41, 5.74) is -1.90. The van der Waals surface area contributed by atoms with Crippen molar-refractivity contribution in [2.45, 2.75) is 70.9 Å². The van der Waals surface area contributed by atoms with E-state index >= 15 is 4.39 Å². The van der Waals surface area contributed by atoms with Crippen molar-refractivity contribution in [2.24, 2.45) is 10.6 Å². The van der Waals surface area contributed by atoms with Crippen molar-refractivity contribution in [1.82, 2.24) is 4.57 Å². The lowest BCUT2D eigenvalue weighted by Gasteiger charge is -2.27. The number of aromatic nitrogens is 1. The Labute approximate surface area is 209 Å². The van der Waals surface area contributed by atoms with Gasteiger partial charge in [0.1, 0.15) is 0 Å². The molecule has 1 unspecified atom stereocenters. The molecule has 1 heterocycles. The van der Waals surface area contributed by atoms with Gasteiger partial charge in [0.2, 0.25) is 6.43 Å². The third-order valence-corrected chi connectivity index (χ3v) is 7.39. The van der Waals surface area contributed by atoms with Crippen LogP contribution in [0.4, 0.5) is 26.3 Å². The molecule has 0 aliphatic heterocycles. The number of benzene rings is 2. The number of rotatable bonds is 7. The minimum atomic E-state index is -4.71. The molecule has 2 atom stereocenters. The van der Waals surface area contributed by atoms with Crippen LogP contribution in [0.25, 0.3) is 22.0 Å². The number of nitrogens with two attached hydrogens (primary N) is 1. The van der Waals surface area contributed by atoms with Gasteiger partial charge in [0.25, 0.3) is 0 Å². The number of fused-ring (bicyclic) bond motifs is 1. The summed E-state index contributed by atoms with van der Waals surface area (Å²) in [6.45, 7) is 8.89. The topological polar surface area (TPSA) is 48.0 Å². The number of halogens is 6. The SMILES string of the molecule is CC(C)(C)Cn1cc([C@H](CC(C)(C)S(N)=O)C(F)F)c2ccc(-c3ccccc3C(F)(F)F)c(F)c21. The molecule has 198 valence electrons. The number of nitrogens with zero attached hydrogens (tertiary/aromatic N) is 1. The van der Waals surface area contributed by atoms with Gasteiger partial charge in [-0.2, -0.15) is 13.2 Å². The van der Waals surface area contributed by atoms with Crippen LogP contribution in [-0.2, 0) is 23.7 Å². The normalized spacial score (nSPS) is 15.0. The quantitative estimate of drug-likeness (QED) is 0.312. The van der Waals surface area contributed by atoms with E-state index in [1.807, 2.05) is 20.8 Å². The highest BCUT2D eigenvalue weighted by Crippen LogP contribution is 2.43. The van der Waals surface area contributed by atoms with Crippen molar-refractivity contribution in [3.8, 4) is 11.1 Å². The first-order valence-corrected chi connectivity index (χ1v) is 12.6. The van der Waals surface area contributed by atoms with Crippen molar-refractivity contribution < 1.29 is 30.6 Å². The van der Waals surface area contributed by atoms with Crippen LogP contribution in [0.3, 0.4) is 0 Å². The number of alkyl halides is 5. The molecule has 0 saturated heterocycles. The molecule has 3 aromatic rings. The monoisotopic (exact) mass is 532 g/mol. The molecule has 2 aromatic carbocycles. The Bertz CT molecular complexity index is 1270. The standard InChI is InChI=1S/C26H30F6N2OS/c1-24(2,3)14-34-13-19(18(23(28)29)12-25(4,5)36(33)35)17-11-10-16(21(27)22(17)34)15-8-6-7-9-20(15)26(30,31)32/h6-11,13,18,23H,12,14,33H2,1-5H3/t18-,36?/m0/s1. The summed E-state index contributed by atoms with van der Waals surface area (Å²) in [4.78, 5) is 0. The van der Waals surface area contributed by atoms with Crippen molar-refractivity contribution in [3.63, 3.8) is 0 Å². The predicted molar refractivity (Wildman–Crippen MR) is 132 cm³/mol. The molecule has 3 rings (SSSR count). The Morgan fingerprint density at radius 3 is 2.11 bits per heavy atom. The summed E-state index contributed by atoms with van der Waals surface area (Å²) in [7, 11) is -1.89. The molecule has 1 aromatic heterocycles. The summed E-state index contributed by atoms with van der Waals surface area (Å²) in [6, 6.07) is 7.25. The van der Waals surface area contributed by atoms with Gasteiger partial charge < -0.3 is 4.57 Å². The van der Waals surface area contributed by atoms with Crippen molar-refractivity contribution in [2.75, 3.05) is 0 Å². The second-order valence-electron chi connectivity index (χ2n) is 10.8. The molecule has 0 radical (unpaired) electrons. The molecule has 3 nitrogen and oxygen atoms in total. The van der Waals surface area contributed by atoms with Crippen LogP contribution in [0.5, 0.6) is 0 Å². The van der Waals surface area contributed by atoms with Gasteiger partial charge in [-0.15, -0.1) is 0 Å². The van der Waals surface area contributed by atoms with Gasteiger partial charge in [-0.1, -0.05) is 51.1 Å². The van der Waals surface area contributed by atoms with Gasteiger partial charge in [-0.05, 0) is 42.9 Å². The highest BCUT2D eigenvalue weighted by molar-refractivity contribution is 7.84. The van der Waals surface area contributed by atoms with Crippen LogP contribution < -0.4 is 5.14 Å². The fraction of sp³-hybridized carbons (Fsp3) is 0.462. The summed E-state index contributed by atoms with van der Waals surface area (Å²) < 4.78 is 98.0. The average molecular weight is 533 g/mol. The first-order chi connectivity index (χ1) is 16.4. The summed E-state index contributed by atoms with van der Waals surface area (Å²) in [5, 5.41) is 5.70. The molecule has 2 N–H and O–H groups in total. The van der Waals surface area contributed by atoms with E-state index in [1.165, 1.54) is 54.9 Å². The third kappa shape index (κ3) is 5.80. The van der Waals surface area contributed by atoms with E-state index in [9.17, 15) is 26.2 Å². The minimum Gasteiger partial charge on any atom is -0.344 e. The van der Waals surface area contributed by atoms with E-state index in [0.717, 1.165) is 6.07 Å². The van der Waals surface area contributed by atoms with Crippen LogP contribution in [0.15, 0.2) is 42.6 Å². The lowest BCUT2D eigenvalue weighted by Crippen LogP contribution is -2.35. The molecular formula is C26H30F6N2OS. The Morgan fingerprint density at radius 1 is 0.972 bits per heavy atom. The summed E-state index contributed by atoms with van der Waals surface area (Å²) in [5.74, 6) is -2.33. The molecule has 0 bridgehead atoms. The molecule has 0 spiro atoms. The van der Waals surface area contributed by atoms with Gasteiger partial charge in [0.05, 0.1) is 26.8 Å². The van der Waals surface area contributed by atoms with E-state index in [-0.39, 0.29) is 40.6 Å². The highest BCUT2D eigenvalue weighted by atomic mass is 32.2. The number of hydrogen-bond donors (Lipinski definition) is 1. The Hall–Kier alpha value is -2.33. The van der Waals surface area contributed by atoms with Crippen molar-refractivity contribution >= 4 is 21.9 Å². The maximum Gasteiger partial charge on any atom is 0.417 e. The zero-order chi connectivity index (χ0) is 27.2.